The zero-order valence-electron chi connectivity index (χ0n) is 13.8. The van der Waals surface area contributed by atoms with Gasteiger partial charge in [0, 0.05) is 0 Å². The number of halogens is 1. The number of rotatable bonds is 6. The Labute approximate surface area is 150 Å². The van der Waals surface area contributed by atoms with Crippen LogP contribution in [-0.4, -0.2) is 34.4 Å². The number of hydrogen-bond acceptors (Lipinski definition) is 4. The number of ether oxygens (including phenoxy) is 1. The monoisotopic (exact) mass is 359 g/mol. The molecule has 0 saturated carbocycles. The molecule has 0 unspecified atom stereocenters. The molecule has 0 N–H and O–H groups in total. The van der Waals surface area contributed by atoms with E-state index in [1.54, 1.807) is 12.1 Å². The van der Waals surface area contributed by atoms with E-state index < -0.39 is 5.25 Å². The highest BCUT2D eigenvalue weighted by Gasteiger charge is 2.39. The zero-order chi connectivity index (χ0) is 17.8. The van der Waals surface area contributed by atoms with Gasteiger partial charge >= 0.3 is 0 Å². The van der Waals surface area contributed by atoms with Gasteiger partial charge in [-0.15, -0.1) is 0 Å². The Morgan fingerprint density at radius 2 is 1.76 bits per heavy atom. The molecule has 4 nitrogen and oxygen atoms in total. The van der Waals surface area contributed by atoms with Gasteiger partial charge in [-0.05, 0) is 43.2 Å². The van der Waals surface area contributed by atoms with E-state index >= 15 is 0 Å². The summed E-state index contributed by atoms with van der Waals surface area (Å²) in [6, 6.07) is 13.6. The minimum atomic E-state index is -0.461. The van der Waals surface area contributed by atoms with Crippen molar-refractivity contribution in [1.29, 1.82) is 0 Å². The van der Waals surface area contributed by atoms with Crippen molar-refractivity contribution in [2.75, 3.05) is 13.2 Å². The maximum absolute atomic E-state index is 13.0. The van der Waals surface area contributed by atoms with Gasteiger partial charge in [-0.25, -0.2) is 4.39 Å². The van der Waals surface area contributed by atoms with Gasteiger partial charge < -0.3 is 4.74 Å². The second-order valence-electron chi connectivity index (χ2n) is 5.85. The quantitative estimate of drug-likeness (QED) is 0.787. The number of imide groups is 1. The molecular weight excluding hydrogens is 341 g/mol. The van der Waals surface area contributed by atoms with Crippen molar-refractivity contribution >= 4 is 22.9 Å². The molecule has 1 atom stereocenters. The van der Waals surface area contributed by atoms with Gasteiger partial charge in [-0.1, -0.05) is 41.6 Å². The number of hydrogen-bond donors (Lipinski definition) is 0. The number of carbonyl (C=O) groups is 2. The van der Waals surface area contributed by atoms with Gasteiger partial charge in [-0.2, -0.15) is 0 Å². The summed E-state index contributed by atoms with van der Waals surface area (Å²) < 4.78 is 18.5. The fourth-order valence-corrected chi connectivity index (χ4v) is 3.61. The van der Waals surface area contributed by atoms with E-state index in [2.05, 4.69) is 0 Å². The van der Waals surface area contributed by atoms with Crippen LogP contribution < -0.4 is 4.74 Å². The molecule has 6 heteroatoms. The minimum absolute atomic E-state index is 0.216. The lowest BCUT2D eigenvalue weighted by Gasteiger charge is -2.14. The highest BCUT2D eigenvalue weighted by Crippen LogP contribution is 2.29. The highest BCUT2D eigenvalue weighted by molar-refractivity contribution is 8.15. The van der Waals surface area contributed by atoms with Gasteiger partial charge in [-0.3, -0.25) is 14.5 Å². The first-order valence-corrected chi connectivity index (χ1v) is 8.87. The fraction of sp³-hybridized carbons (Fsp3) is 0.263. The summed E-state index contributed by atoms with van der Waals surface area (Å²) in [4.78, 5) is 25.7. The second-order valence-corrected chi connectivity index (χ2v) is 7.01. The van der Waals surface area contributed by atoms with Crippen LogP contribution in [0.1, 0.15) is 11.1 Å². The molecule has 2 aromatic carbocycles. The van der Waals surface area contributed by atoms with Crippen LogP contribution in [0, 0.1) is 12.7 Å². The van der Waals surface area contributed by atoms with Crippen molar-refractivity contribution in [3.05, 3.63) is 65.5 Å². The summed E-state index contributed by atoms with van der Waals surface area (Å²) in [5.41, 5.74) is 1.97. The number of amides is 2. The maximum atomic E-state index is 13.0. The number of aryl methyl sites for hydroxylation is 1. The molecule has 1 saturated heterocycles. The lowest BCUT2D eigenvalue weighted by atomic mass is 10.1. The summed E-state index contributed by atoms with van der Waals surface area (Å²) in [7, 11) is 0. The van der Waals surface area contributed by atoms with Crippen molar-refractivity contribution in [2.24, 2.45) is 0 Å². The molecule has 1 aliphatic rings. The lowest BCUT2D eigenvalue weighted by molar-refractivity contribution is -0.126. The average molecular weight is 359 g/mol. The molecule has 0 spiro atoms. The Hall–Kier alpha value is -2.34. The largest absolute Gasteiger partial charge is 0.492 e. The molecule has 2 aromatic rings. The van der Waals surface area contributed by atoms with E-state index in [1.165, 1.54) is 17.0 Å². The number of carbonyl (C=O) groups excluding carboxylic acids is 2. The van der Waals surface area contributed by atoms with E-state index in [4.69, 9.17) is 4.74 Å². The van der Waals surface area contributed by atoms with E-state index in [1.807, 2.05) is 31.2 Å². The third kappa shape index (κ3) is 4.39. The van der Waals surface area contributed by atoms with Gasteiger partial charge in [0.1, 0.15) is 18.2 Å². The Kier molecular flexibility index (Phi) is 5.38. The van der Waals surface area contributed by atoms with Crippen LogP contribution >= 0.6 is 11.8 Å². The van der Waals surface area contributed by atoms with Crippen molar-refractivity contribution in [3.63, 3.8) is 0 Å². The van der Waals surface area contributed by atoms with Crippen LogP contribution in [-0.2, 0) is 11.2 Å². The summed E-state index contributed by atoms with van der Waals surface area (Å²) >= 11 is 1.02. The Morgan fingerprint density at radius 3 is 2.44 bits per heavy atom. The van der Waals surface area contributed by atoms with Crippen LogP contribution in [0.5, 0.6) is 5.75 Å². The zero-order valence-corrected chi connectivity index (χ0v) is 14.6. The SMILES string of the molecule is Cc1ccc(OCCN2C(=O)S[C@@H](Cc3ccc(F)cc3)C2=O)cc1. The first kappa shape index (κ1) is 17.5. The molecule has 1 aliphatic heterocycles. The van der Waals surface area contributed by atoms with E-state index in [-0.39, 0.29) is 30.1 Å². The molecule has 1 heterocycles. The highest BCUT2D eigenvalue weighted by atomic mass is 32.2. The molecule has 0 radical (unpaired) electrons. The minimum Gasteiger partial charge on any atom is -0.492 e. The molecule has 0 aromatic heterocycles. The van der Waals surface area contributed by atoms with Crippen LogP contribution in [0.25, 0.3) is 0 Å². The predicted octanol–water partition coefficient (Wildman–Crippen LogP) is 3.82. The molecule has 1 fully saturated rings. The Bertz CT molecular complexity index is 761. The number of benzene rings is 2. The molecule has 0 aliphatic carbocycles. The van der Waals surface area contributed by atoms with Gasteiger partial charge in [0.25, 0.3) is 5.24 Å². The fourth-order valence-electron chi connectivity index (χ4n) is 2.55. The topological polar surface area (TPSA) is 46.6 Å². The predicted molar refractivity (Wildman–Crippen MR) is 95.3 cm³/mol. The van der Waals surface area contributed by atoms with E-state index in [0.717, 1.165) is 22.9 Å². The summed E-state index contributed by atoms with van der Waals surface area (Å²) in [6.07, 6.45) is 0.408. The molecule has 0 bridgehead atoms. The van der Waals surface area contributed by atoms with Crippen molar-refractivity contribution in [2.45, 2.75) is 18.6 Å². The molecule has 3 rings (SSSR count). The summed E-state index contributed by atoms with van der Waals surface area (Å²) in [6.45, 7) is 2.46. The first-order valence-electron chi connectivity index (χ1n) is 7.99. The van der Waals surface area contributed by atoms with E-state index in [9.17, 15) is 14.0 Å². The van der Waals surface area contributed by atoms with Gasteiger partial charge in [0.15, 0.2) is 0 Å². The molecular formula is C19H18FNO3S. The van der Waals surface area contributed by atoms with E-state index in [0.29, 0.717) is 12.2 Å². The Morgan fingerprint density at radius 1 is 1.08 bits per heavy atom. The Balaban J connectivity index is 1.53. The summed E-state index contributed by atoms with van der Waals surface area (Å²) in [5, 5.41) is -0.720. The van der Waals surface area contributed by atoms with Crippen LogP contribution in [0.2, 0.25) is 0 Å². The normalized spacial score (nSPS) is 17.2. The molecule has 2 amide bonds. The molecule has 25 heavy (non-hydrogen) atoms. The van der Waals surface area contributed by atoms with Crippen molar-refractivity contribution < 1.29 is 18.7 Å². The first-order chi connectivity index (χ1) is 12.0. The van der Waals surface area contributed by atoms with Crippen molar-refractivity contribution in [1.82, 2.24) is 4.90 Å². The smallest absolute Gasteiger partial charge is 0.289 e. The third-order valence-electron chi connectivity index (χ3n) is 3.94. The maximum Gasteiger partial charge on any atom is 0.289 e. The standard InChI is InChI=1S/C19H18FNO3S/c1-13-2-8-16(9-3-13)24-11-10-21-18(22)17(25-19(21)23)12-14-4-6-15(20)7-5-14/h2-9,17H,10-12H2,1H3/t17-/m0/s1. The van der Waals surface area contributed by atoms with Gasteiger partial charge in [0.05, 0.1) is 11.8 Å². The lowest BCUT2D eigenvalue weighted by Crippen LogP contribution is -2.35. The second kappa shape index (κ2) is 7.70. The number of nitrogens with zero attached hydrogens (tertiary/aromatic N) is 1. The number of thioether (sulfide) groups is 1. The van der Waals surface area contributed by atoms with Crippen LogP contribution in [0.3, 0.4) is 0 Å². The van der Waals surface area contributed by atoms with Gasteiger partial charge in [0.2, 0.25) is 5.91 Å². The summed E-state index contributed by atoms with van der Waals surface area (Å²) in [5.74, 6) is 0.173. The average Bonchev–Trinajstić information content (AvgIpc) is 2.86. The van der Waals surface area contributed by atoms with Crippen LogP contribution in [0.4, 0.5) is 9.18 Å². The van der Waals surface area contributed by atoms with Crippen LogP contribution in [0.15, 0.2) is 48.5 Å². The third-order valence-corrected chi connectivity index (χ3v) is 5.02. The van der Waals surface area contributed by atoms with Crippen molar-refractivity contribution in [3.8, 4) is 5.75 Å². The molecule has 130 valence electrons.